The Kier molecular flexibility index (Phi) is 6.22. The van der Waals surface area contributed by atoms with Crippen molar-refractivity contribution in [1.82, 2.24) is 0 Å². The molecule has 0 unspecified atom stereocenters. The normalized spacial score (nSPS) is 12.4. The molecule has 3 rings (SSSR count). The van der Waals surface area contributed by atoms with Gasteiger partial charge in [-0.1, -0.05) is 90.1 Å². The molecule has 0 saturated heterocycles. The van der Waals surface area contributed by atoms with E-state index in [4.69, 9.17) is 0 Å². The highest BCUT2D eigenvalue weighted by molar-refractivity contribution is 5.77. The fraction of sp³-hybridized carbons (Fsp3) is 0.310. The second kappa shape index (κ2) is 8.52. The van der Waals surface area contributed by atoms with Gasteiger partial charge in [-0.05, 0) is 70.8 Å². The van der Waals surface area contributed by atoms with E-state index in [-0.39, 0.29) is 10.8 Å². The van der Waals surface area contributed by atoms with Crippen molar-refractivity contribution >= 4 is 23.1 Å². The van der Waals surface area contributed by atoms with Gasteiger partial charge in [-0.25, -0.2) is 0 Å². The molecule has 0 aromatic heterocycles. The van der Waals surface area contributed by atoms with Crippen LogP contribution in [0.15, 0.2) is 78.9 Å². The molecular formula is C29H35N. The molecule has 156 valence electrons. The van der Waals surface area contributed by atoms with Crippen molar-refractivity contribution in [1.29, 1.82) is 0 Å². The Morgan fingerprint density at radius 1 is 0.533 bits per heavy atom. The van der Waals surface area contributed by atoms with E-state index in [2.05, 4.69) is 131 Å². The van der Waals surface area contributed by atoms with Gasteiger partial charge in [0, 0.05) is 17.1 Å². The van der Waals surface area contributed by atoms with Crippen LogP contribution in [0, 0.1) is 0 Å². The second-order valence-electron chi connectivity index (χ2n) is 10.0. The molecule has 0 aliphatic rings. The van der Waals surface area contributed by atoms with Crippen LogP contribution < -0.4 is 4.90 Å². The number of anilines is 3. The van der Waals surface area contributed by atoms with E-state index in [1.54, 1.807) is 0 Å². The largest absolute Gasteiger partial charge is 0.311 e. The van der Waals surface area contributed by atoms with Gasteiger partial charge in [-0.2, -0.15) is 0 Å². The Morgan fingerprint density at radius 2 is 0.867 bits per heavy atom. The standard InChI is InChI=1S/C29H35N/c1-8-9-22-10-16-25(17-11-22)30(26-18-12-23(13-19-26)28(2,3)4)27-20-14-24(15-21-27)29(5,6)7/h8-21H,1-7H3. The summed E-state index contributed by atoms with van der Waals surface area (Å²) in [4.78, 5) is 2.33. The minimum atomic E-state index is 0.145. The molecular weight excluding hydrogens is 362 g/mol. The minimum Gasteiger partial charge on any atom is -0.311 e. The van der Waals surface area contributed by atoms with Crippen LogP contribution in [0.4, 0.5) is 17.1 Å². The summed E-state index contributed by atoms with van der Waals surface area (Å²) in [6.45, 7) is 15.6. The first kappa shape index (κ1) is 21.9. The lowest BCUT2D eigenvalue weighted by Crippen LogP contribution is -2.14. The van der Waals surface area contributed by atoms with E-state index >= 15 is 0 Å². The molecule has 0 atom stereocenters. The van der Waals surface area contributed by atoms with Crippen LogP contribution in [0.1, 0.15) is 65.2 Å². The third-order valence-electron chi connectivity index (χ3n) is 5.49. The van der Waals surface area contributed by atoms with Crippen LogP contribution in [-0.2, 0) is 10.8 Å². The number of nitrogens with zero attached hydrogens (tertiary/aromatic N) is 1. The van der Waals surface area contributed by atoms with Crippen molar-refractivity contribution in [3.8, 4) is 0 Å². The number of rotatable bonds is 4. The van der Waals surface area contributed by atoms with E-state index in [0.29, 0.717) is 0 Å². The maximum Gasteiger partial charge on any atom is 0.0462 e. The highest BCUT2D eigenvalue weighted by Crippen LogP contribution is 2.37. The molecule has 0 aliphatic heterocycles. The lowest BCUT2D eigenvalue weighted by Gasteiger charge is -2.28. The Hall–Kier alpha value is -2.80. The Labute approximate surface area is 183 Å². The Morgan fingerprint density at radius 3 is 1.17 bits per heavy atom. The third-order valence-corrected chi connectivity index (χ3v) is 5.49. The summed E-state index contributed by atoms with van der Waals surface area (Å²) in [6, 6.07) is 26.7. The molecule has 3 aromatic carbocycles. The molecule has 0 fully saturated rings. The maximum absolute atomic E-state index is 2.33. The van der Waals surface area contributed by atoms with Crippen molar-refractivity contribution in [2.45, 2.75) is 59.3 Å². The van der Waals surface area contributed by atoms with Gasteiger partial charge in [0.15, 0.2) is 0 Å². The number of benzene rings is 3. The molecule has 3 aromatic rings. The van der Waals surface area contributed by atoms with Gasteiger partial charge in [0.05, 0.1) is 0 Å². The van der Waals surface area contributed by atoms with Crippen molar-refractivity contribution in [3.05, 3.63) is 95.6 Å². The first-order valence-corrected chi connectivity index (χ1v) is 10.8. The summed E-state index contributed by atoms with van der Waals surface area (Å²) >= 11 is 0. The fourth-order valence-corrected chi connectivity index (χ4v) is 3.60. The van der Waals surface area contributed by atoms with Crippen molar-refractivity contribution in [3.63, 3.8) is 0 Å². The number of hydrogen-bond donors (Lipinski definition) is 0. The minimum absolute atomic E-state index is 0.145. The lowest BCUT2D eigenvalue weighted by atomic mass is 9.86. The average Bonchev–Trinajstić information content (AvgIpc) is 2.69. The summed E-state index contributed by atoms with van der Waals surface area (Å²) < 4.78 is 0. The van der Waals surface area contributed by atoms with Crippen molar-refractivity contribution in [2.24, 2.45) is 0 Å². The van der Waals surface area contributed by atoms with E-state index in [9.17, 15) is 0 Å². The van der Waals surface area contributed by atoms with Gasteiger partial charge in [-0.15, -0.1) is 0 Å². The molecule has 0 spiro atoms. The summed E-state index contributed by atoms with van der Waals surface area (Å²) in [7, 11) is 0. The fourth-order valence-electron chi connectivity index (χ4n) is 3.60. The van der Waals surface area contributed by atoms with Crippen LogP contribution in [0.25, 0.3) is 6.08 Å². The van der Waals surface area contributed by atoms with Crippen LogP contribution >= 0.6 is 0 Å². The Bertz CT molecular complexity index is 919. The monoisotopic (exact) mass is 397 g/mol. The zero-order valence-electron chi connectivity index (χ0n) is 19.5. The average molecular weight is 398 g/mol. The summed E-state index contributed by atoms with van der Waals surface area (Å²) in [5.41, 5.74) is 7.70. The maximum atomic E-state index is 2.33. The van der Waals surface area contributed by atoms with Gasteiger partial charge in [0.2, 0.25) is 0 Å². The van der Waals surface area contributed by atoms with Crippen LogP contribution in [0.2, 0.25) is 0 Å². The SMILES string of the molecule is CC=Cc1ccc(N(c2ccc(C(C)(C)C)cc2)c2ccc(C(C)(C)C)cc2)cc1. The first-order chi connectivity index (χ1) is 14.1. The van der Waals surface area contributed by atoms with Crippen molar-refractivity contribution in [2.75, 3.05) is 4.90 Å². The van der Waals surface area contributed by atoms with Crippen LogP contribution in [-0.4, -0.2) is 0 Å². The van der Waals surface area contributed by atoms with Gasteiger partial charge in [0.1, 0.15) is 0 Å². The summed E-state index contributed by atoms with van der Waals surface area (Å²) in [5, 5.41) is 0. The second-order valence-corrected chi connectivity index (χ2v) is 10.0. The van der Waals surface area contributed by atoms with E-state index in [0.717, 1.165) is 5.69 Å². The molecule has 1 nitrogen and oxygen atoms in total. The van der Waals surface area contributed by atoms with Gasteiger partial charge >= 0.3 is 0 Å². The van der Waals surface area contributed by atoms with Crippen LogP contribution in [0.5, 0.6) is 0 Å². The quantitative estimate of drug-likeness (QED) is 0.425. The summed E-state index contributed by atoms with van der Waals surface area (Å²) in [6.07, 6.45) is 4.20. The van der Waals surface area contributed by atoms with Gasteiger partial charge in [0.25, 0.3) is 0 Å². The molecule has 0 amide bonds. The number of hydrogen-bond acceptors (Lipinski definition) is 1. The predicted octanol–water partition coefficient (Wildman–Crippen LogP) is 8.78. The molecule has 1 heteroatoms. The van der Waals surface area contributed by atoms with E-state index in [1.807, 2.05) is 6.92 Å². The number of allylic oxidation sites excluding steroid dienone is 1. The molecule has 0 aliphatic carbocycles. The zero-order valence-corrected chi connectivity index (χ0v) is 19.5. The van der Waals surface area contributed by atoms with Crippen molar-refractivity contribution < 1.29 is 0 Å². The van der Waals surface area contributed by atoms with E-state index < -0.39 is 0 Å². The zero-order chi connectivity index (χ0) is 21.9. The molecule has 0 bridgehead atoms. The molecule has 0 saturated carbocycles. The highest BCUT2D eigenvalue weighted by Gasteiger charge is 2.18. The Balaban J connectivity index is 2.06. The molecule has 30 heavy (non-hydrogen) atoms. The smallest absolute Gasteiger partial charge is 0.0462 e. The topological polar surface area (TPSA) is 3.24 Å². The van der Waals surface area contributed by atoms with Crippen LogP contribution in [0.3, 0.4) is 0 Å². The first-order valence-electron chi connectivity index (χ1n) is 10.8. The third kappa shape index (κ3) is 5.02. The predicted molar refractivity (Wildman–Crippen MR) is 133 cm³/mol. The van der Waals surface area contributed by atoms with Gasteiger partial charge in [-0.3, -0.25) is 0 Å². The lowest BCUT2D eigenvalue weighted by molar-refractivity contribution is 0.590. The van der Waals surface area contributed by atoms with E-state index in [1.165, 1.54) is 28.1 Å². The molecule has 0 N–H and O–H groups in total. The molecule has 0 radical (unpaired) electrons. The molecule has 0 heterocycles. The van der Waals surface area contributed by atoms with Gasteiger partial charge < -0.3 is 4.90 Å². The summed E-state index contributed by atoms with van der Waals surface area (Å²) in [5.74, 6) is 0. The highest BCUT2D eigenvalue weighted by atomic mass is 15.1.